The monoisotopic (exact) mass is 403 g/mol. The van der Waals surface area contributed by atoms with Gasteiger partial charge in [0.2, 0.25) is 0 Å². The van der Waals surface area contributed by atoms with Crippen LogP contribution in [0.1, 0.15) is 39.2 Å². The molecular formula is C20H25N3O6. The molecule has 0 spiro atoms. The van der Waals surface area contributed by atoms with E-state index >= 15 is 0 Å². The molecule has 0 atom stereocenters. The first-order chi connectivity index (χ1) is 13.8. The van der Waals surface area contributed by atoms with Gasteiger partial charge >= 0.3 is 11.9 Å². The van der Waals surface area contributed by atoms with Gasteiger partial charge in [0.05, 0.1) is 35.2 Å². The Morgan fingerprint density at radius 1 is 1.10 bits per heavy atom. The molecule has 1 aromatic carbocycles. The normalized spacial score (nSPS) is 14.4. The molecule has 0 aliphatic carbocycles. The lowest BCUT2D eigenvalue weighted by atomic mass is 9.80. The van der Waals surface area contributed by atoms with Crippen LogP contribution in [0.25, 0.3) is 0 Å². The van der Waals surface area contributed by atoms with Gasteiger partial charge in [0, 0.05) is 24.5 Å². The molecule has 2 N–H and O–H groups in total. The average molecular weight is 403 g/mol. The Kier molecular flexibility index (Phi) is 6.98. The summed E-state index contributed by atoms with van der Waals surface area (Å²) in [5.41, 5.74) is 2.04. The van der Waals surface area contributed by atoms with Crippen molar-refractivity contribution in [2.45, 2.75) is 33.6 Å². The number of nitro groups is 1. The number of carbonyl (C=O) groups excluding carboxylic acids is 2. The van der Waals surface area contributed by atoms with Gasteiger partial charge in [0.25, 0.3) is 5.69 Å². The van der Waals surface area contributed by atoms with Crippen molar-refractivity contribution in [3.63, 3.8) is 0 Å². The van der Waals surface area contributed by atoms with Gasteiger partial charge in [0.15, 0.2) is 0 Å². The molecule has 0 aromatic heterocycles. The Morgan fingerprint density at radius 3 is 2.03 bits per heavy atom. The minimum Gasteiger partial charge on any atom is -0.463 e. The van der Waals surface area contributed by atoms with Gasteiger partial charge in [-0.1, -0.05) is 6.07 Å². The third-order valence-corrected chi connectivity index (χ3v) is 4.57. The predicted molar refractivity (Wildman–Crippen MR) is 107 cm³/mol. The van der Waals surface area contributed by atoms with Crippen LogP contribution in [0, 0.1) is 10.1 Å². The van der Waals surface area contributed by atoms with Gasteiger partial charge in [-0.2, -0.15) is 0 Å². The second-order valence-corrected chi connectivity index (χ2v) is 6.36. The number of allylic oxidation sites excluding steroid dienone is 2. The molecule has 0 bridgehead atoms. The van der Waals surface area contributed by atoms with Crippen molar-refractivity contribution in [2.75, 3.05) is 25.6 Å². The topological polar surface area (TPSA) is 120 Å². The number of rotatable bonds is 7. The lowest BCUT2D eigenvalue weighted by Gasteiger charge is -2.30. The van der Waals surface area contributed by atoms with E-state index in [1.807, 2.05) is 0 Å². The van der Waals surface area contributed by atoms with Gasteiger partial charge in [-0.25, -0.2) is 9.59 Å². The summed E-state index contributed by atoms with van der Waals surface area (Å²) in [6.07, 6.45) is 0. The molecule has 2 rings (SSSR count). The Morgan fingerprint density at radius 2 is 1.62 bits per heavy atom. The van der Waals surface area contributed by atoms with Gasteiger partial charge in [-0.15, -0.1) is 0 Å². The summed E-state index contributed by atoms with van der Waals surface area (Å²) in [5.74, 6) is -2.06. The van der Waals surface area contributed by atoms with Crippen LogP contribution in [-0.2, 0) is 19.1 Å². The average Bonchev–Trinajstić information content (AvgIpc) is 2.66. The van der Waals surface area contributed by atoms with Gasteiger partial charge < -0.3 is 20.1 Å². The maximum atomic E-state index is 12.7. The van der Waals surface area contributed by atoms with Crippen LogP contribution in [0.2, 0.25) is 0 Å². The minimum absolute atomic E-state index is 0.151. The van der Waals surface area contributed by atoms with Crippen LogP contribution in [0.15, 0.2) is 40.7 Å². The zero-order valence-corrected chi connectivity index (χ0v) is 17.1. The molecule has 1 heterocycles. The number of nitrogens with one attached hydrogen (secondary N) is 2. The van der Waals surface area contributed by atoms with E-state index in [4.69, 9.17) is 9.47 Å². The van der Waals surface area contributed by atoms with E-state index in [1.165, 1.54) is 6.07 Å². The summed E-state index contributed by atoms with van der Waals surface area (Å²) >= 11 is 0. The fraction of sp³-hybridized carbons (Fsp3) is 0.400. The lowest BCUT2D eigenvalue weighted by Crippen LogP contribution is -2.32. The highest BCUT2D eigenvalue weighted by atomic mass is 16.6. The number of hydrogen-bond acceptors (Lipinski definition) is 8. The molecule has 1 aliphatic rings. The van der Waals surface area contributed by atoms with Crippen molar-refractivity contribution in [1.29, 1.82) is 0 Å². The Bertz CT molecular complexity index is 863. The molecule has 1 aliphatic heterocycles. The van der Waals surface area contributed by atoms with E-state index in [-0.39, 0.29) is 30.0 Å². The zero-order valence-electron chi connectivity index (χ0n) is 17.1. The third-order valence-electron chi connectivity index (χ3n) is 4.57. The molecule has 1 aromatic rings. The molecule has 0 saturated carbocycles. The van der Waals surface area contributed by atoms with Crippen molar-refractivity contribution in [3.05, 3.63) is 56.4 Å². The largest absolute Gasteiger partial charge is 0.463 e. The molecule has 0 unspecified atom stereocenters. The molecule has 29 heavy (non-hydrogen) atoms. The number of esters is 2. The maximum absolute atomic E-state index is 12.7. The number of benzene rings is 1. The molecule has 0 saturated heterocycles. The first-order valence-corrected chi connectivity index (χ1v) is 9.25. The van der Waals surface area contributed by atoms with Crippen LogP contribution in [0.3, 0.4) is 0 Å². The van der Waals surface area contributed by atoms with Gasteiger partial charge in [-0.05, 0) is 39.3 Å². The molecule has 156 valence electrons. The molecule has 0 fully saturated rings. The molecule has 9 nitrogen and oxygen atoms in total. The fourth-order valence-corrected chi connectivity index (χ4v) is 3.38. The number of ether oxygens (including phenoxy) is 2. The first kappa shape index (κ1) is 21.9. The van der Waals surface area contributed by atoms with Crippen LogP contribution in [0.5, 0.6) is 0 Å². The van der Waals surface area contributed by atoms with Crippen LogP contribution in [0.4, 0.5) is 11.4 Å². The Hall–Kier alpha value is -3.36. The van der Waals surface area contributed by atoms with E-state index in [9.17, 15) is 19.7 Å². The van der Waals surface area contributed by atoms with Crippen molar-refractivity contribution in [3.8, 4) is 0 Å². The SMILES string of the molecule is CCOC(=O)C1=C(C)NC(C)=C(C(=O)OCC)C1c1ccc(NC)c([N+](=O)[O-])c1. The molecule has 9 heteroatoms. The summed E-state index contributed by atoms with van der Waals surface area (Å²) in [7, 11) is 1.58. The summed E-state index contributed by atoms with van der Waals surface area (Å²) < 4.78 is 10.4. The first-order valence-electron chi connectivity index (χ1n) is 9.25. The van der Waals surface area contributed by atoms with E-state index in [0.29, 0.717) is 22.6 Å². The zero-order chi connectivity index (χ0) is 21.7. The van der Waals surface area contributed by atoms with Crippen molar-refractivity contribution < 1.29 is 24.0 Å². The number of nitrogens with zero attached hydrogens (tertiary/aromatic N) is 1. The lowest BCUT2D eigenvalue weighted by molar-refractivity contribution is -0.384. The second kappa shape index (κ2) is 9.22. The van der Waals surface area contributed by atoms with Gasteiger partial charge in [-0.3, -0.25) is 10.1 Å². The van der Waals surface area contributed by atoms with Gasteiger partial charge in [0.1, 0.15) is 5.69 Å². The third kappa shape index (κ3) is 4.39. The van der Waals surface area contributed by atoms with Crippen molar-refractivity contribution in [2.24, 2.45) is 0 Å². The molecular weight excluding hydrogens is 378 g/mol. The molecule has 0 radical (unpaired) electrons. The smallest absolute Gasteiger partial charge is 0.336 e. The Balaban J connectivity index is 2.74. The summed E-state index contributed by atoms with van der Waals surface area (Å²) in [6, 6.07) is 4.56. The Labute approximate surface area is 168 Å². The second-order valence-electron chi connectivity index (χ2n) is 6.36. The van der Waals surface area contributed by atoms with E-state index < -0.39 is 22.8 Å². The summed E-state index contributed by atoms with van der Waals surface area (Å²) in [4.78, 5) is 36.5. The predicted octanol–water partition coefficient (Wildman–Crippen LogP) is 3.00. The minimum atomic E-state index is -0.862. The number of carbonyl (C=O) groups is 2. The van der Waals surface area contributed by atoms with Crippen molar-refractivity contribution in [1.82, 2.24) is 5.32 Å². The van der Waals surface area contributed by atoms with E-state index in [2.05, 4.69) is 10.6 Å². The maximum Gasteiger partial charge on any atom is 0.336 e. The van der Waals surface area contributed by atoms with Crippen molar-refractivity contribution >= 4 is 23.3 Å². The molecule has 0 amide bonds. The van der Waals surface area contributed by atoms with Crippen LogP contribution in [-0.4, -0.2) is 37.1 Å². The van der Waals surface area contributed by atoms with Crippen LogP contribution < -0.4 is 10.6 Å². The number of nitro benzene ring substituents is 1. The summed E-state index contributed by atoms with van der Waals surface area (Å²) in [6.45, 7) is 7.05. The standard InChI is InChI=1S/C20H25N3O6/c1-6-28-19(24)16-11(3)22-12(4)17(20(25)29-7-2)18(16)13-8-9-14(21-5)15(10-13)23(26)27/h8-10,18,21-22H,6-7H2,1-5H3. The number of dihydropyridines is 1. The van der Waals surface area contributed by atoms with E-state index in [1.54, 1.807) is 46.9 Å². The quantitative estimate of drug-likeness (QED) is 0.405. The highest BCUT2D eigenvalue weighted by Crippen LogP contribution is 2.41. The summed E-state index contributed by atoms with van der Waals surface area (Å²) in [5, 5.41) is 17.3. The van der Waals surface area contributed by atoms with E-state index in [0.717, 1.165) is 0 Å². The number of hydrogen-bond donors (Lipinski definition) is 2. The highest BCUT2D eigenvalue weighted by Gasteiger charge is 2.38. The number of anilines is 1. The highest BCUT2D eigenvalue weighted by molar-refractivity contribution is 6.00. The van der Waals surface area contributed by atoms with Crippen LogP contribution >= 0.6 is 0 Å². The fourth-order valence-electron chi connectivity index (χ4n) is 3.38.